The minimum Gasteiger partial charge on any atom is -0.381 e. The summed E-state index contributed by atoms with van der Waals surface area (Å²) in [5, 5.41) is 8.82. The summed E-state index contributed by atoms with van der Waals surface area (Å²) in [7, 11) is 0. The molecular formula is C16H18N2O2S. The van der Waals surface area contributed by atoms with Gasteiger partial charge in [-0.3, -0.25) is 4.79 Å². The number of hydrogen-bond donors (Lipinski definition) is 0. The molecule has 1 aromatic carbocycles. The molecule has 0 saturated carbocycles. The third-order valence-electron chi connectivity index (χ3n) is 4.08. The molecule has 21 heavy (non-hydrogen) atoms. The molecule has 0 spiro atoms. The molecule has 0 unspecified atom stereocenters. The van der Waals surface area contributed by atoms with Crippen LogP contribution in [-0.2, 0) is 9.53 Å². The van der Waals surface area contributed by atoms with Gasteiger partial charge in [-0.15, -0.1) is 11.8 Å². The molecule has 0 aromatic heterocycles. The number of ether oxygens (including phenoxy) is 1. The monoisotopic (exact) mass is 302 g/mol. The molecule has 2 aliphatic heterocycles. The molecular weight excluding hydrogens is 284 g/mol. The first-order chi connectivity index (χ1) is 10.3. The van der Waals surface area contributed by atoms with Gasteiger partial charge in [0.15, 0.2) is 0 Å². The van der Waals surface area contributed by atoms with Crippen LogP contribution in [0, 0.1) is 11.3 Å². The highest BCUT2D eigenvalue weighted by molar-refractivity contribution is 8.00. The minimum atomic E-state index is 0.0146. The second kappa shape index (κ2) is 6.50. The van der Waals surface area contributed by atoms with Crippen LogP contribution in [0.3, 0.4) is 0 Å². The molecule has 1 aromatic rings. The molecule has 2 aliphatic rings. The summed E-state index contributed by atoms with van der Waals surface area (Å²) in [6.45, 7) is 2.39. The Kier molecular flexibility index (Phi) is 4.47. The average Bonchev–Trinajstić information content (AvgIpc) is 2.90. The van der Waals surface area contributed by atoms with Crippen LogP contribution in [0.5, 0.6) is 0 Å². The lowest BCUT2D eigenvalue weighted by atomic mass is 10.1. The summed E-state index contributed by atoms with van der Waals surface area (Å²) in [4.78, 5) is 15.6. The van der Waals surface area contributed by atoms with Gasteiger partial charge in [-0.25, -0.2) is 0 Å². The number of hydrogen-bond acceptors (Lipinski definition) is 4. The zero-order valence-corrected chi connectivity index (χ0v) is 12.6. The summed E-state index contributed by atoms with van der Waals surface area (Å²) in [5.41, 5.74) is 0.654. The lowest BCUT2D eigenvalue weighted by Gasteiger charge is -2.31. The molecule has 0 bridgehead atoms. The number of rotatable bonds is 3. The number of amides is 1. The average molecular weight is 302 g/mol. The molecule has 2 saturated heterocycles. The molecule has 2 heterocycles. The summed E-state index contributed by atoms with van der Waals surface area (Å²) >= 11 is 1.61. The maximum Gasteiger partial charge on any atom is 0.236 e. The van der Waals surface area contributed by atoms with Crippen molar-refractivity contribution in [2.45, 2.75) is 35.4 Å². The fourth-order valence-electron chi connectivity index (χ4n) is 2.92. The van der Waals surface area contributed by atoms with Gasteiger partial charge in [0.05, 0.1) is 16.9 Å². The number of nitrogens with zero attached hydrogens (tertiary/aromatic N) is 2. The quantitative estimate of drug-likeness (QED) is 0.860. The van der Waals surface area contributed by atoms with Gasteiger partial charge in [-0.05, 0) is 43.5 Å². The first kappa shape index (κ1) is 14.4. The van der Waals surface area contributed by atoms with Crippen LogP contribution in [-0.4, -0.2) is 41.9 Å². The Bertz CT molecular complexity index is 546. The predicted octanol–water partition coefficient (Wildman–Crippen LogP) is 2.43. The Morgan fingerprint density at radius 1 is 1.19 bits per heavy atom. The van der Waals surface area contributed by atoms with Gasteiger partial charge in [0.25, 0.3) is 0 Å². The molecule has 110 valence electrons. The van der Waals surface area contributed by atoms with Gasteiger partial charge in [0, 0.05) is 30.7 Å². The highest BCUT2D eigenvalue weighted by Crippen LogP contribution is 2.33. The normalized spacial score (nSPS) is 23.3. The van der Waals surface area contributed by atoms with Crippen molar-refractivity contribution in [2.75, 3.05) is 19.8 Å². The van der Waals surface area contributed by atoms with Gasteiger partial charge in [-0.2, -0.15) is 5.26 Å². The van der Waals surface area contributed by atoms with Crippen molar-refractivity contribution in [1.82, 2.24) is 4.90 Å². The van der Waals surface area contributed by atoms with Crippen molar-refractivity contribution in [3.8, 4) is 6.07 Å². The molecule has 3 rings (SSSR count). The van der Waals surface area contributed by atoms with Crippen LogP contribution in [0.1, 0.15) is 24.8 Å². The predicted molar refractivity (Wildman–Crippen MR) is 81.0 cm³/mol. The molecule has 4 nitrogen and oxygen atoms in total. The van der Waals surface area contributed by atoms with Crippen molar-refractivity contribution in [3.05, 3.63) is 29.8 Å². The summed E-state index contributed by atoms with van der Waals surface area (Å²) < 4.78 is 5.37. The van der Waals surface area contributed by atoms with E-state index in [-0.39, 0.29) is 11.2 Å². The van der Waals surface area contributed by atoms with E-state index in [1.165, 1.54) is 0 Å². The number of nitriles is 1. The third kappa shape index (κ3) is 3.22. The minimum absolute atomic E-state index is 0.0146. The van der Waals surface area contributed by atoms with Crippen molar-refractivity contribution >= 4 is 17.7 Å². The first-order valence-electron chi connectivity index (χ1n) is 7.33. The Morgan fingerprint density at radius 2 is 1.90 bits per heavy atom. The van der Waals surface area contributed by atoms with Gasteiger partial charge in [-0.1, -0.05) is 0 Å². The van der Waals surface area contributed by atoms with Crippen molar-refractivity contribution in [3.63, 3.8) is 0 Å². The van der Waals surface area contributed by atoms with E-state index in [0.29, 0.717) is 11.6 Å². The van der Waals surface area contributed by atoms with Crippen LogP contribution in [0.4, 0.5) is 0 Å². The highest BCUT2D eigenvalue weighted by Gasteiger charge is 2.36. The fraction of sp³-hybridized carbons (Fsp3) is 0.500. The van der Waals surface area contributed by atoms with Crippen LogP contribution >= 0.6 is 11.8 Å². The van der Waals surface area contributed by atoms with E-state index in [4.69, 9.17) is 10.00 Å². The van der Waals surface area contributed by atoms with Gasteiger partial charge >= 0.3 is 0 Å². The van der Waals surface area contributed by atoms with Gasteiger partial charge < -0.3 is 9.64 Å². The number of thioether (sulfide) groups is 1. The Morgan fingerprint density at radius 3 is 2.57 bits per heavy atom. The lowest BCUT2D eigenvalue weighted by Crippen LogP contribution is -2.41. The fourth-order valence-corrected chi connectivity index (χ4v) is 4.00. The van der Waals surface area contributed by atoms with E-state index in [9.17, 15) is 4.79 Å². The number of likely N-dealkylation sites (tertiary alicyclic amines) is 1. The lowest BCUT2D eigenvalue weighted by molar-refractivity contribution is -0.130. The third-order valence-corrected chi connectivity index (χ3v) is 5.35. The topological polar surface area (TPSA) is 53.3 Å². The largest absolute Gasteiger partial charge is 0.381 e. The smallest absolute Gasteiger partial charge is 0.236 e. The maximum absolute atomic E-state index is 12.5. The number of carbonyl (C=O) groups is 1. The molecule has 0 aliphatic carbocycles. The zero-order chi connectivity index (χ0) is 14.7. The maximum atomic E-state index is 12.5. The van der Waals surface area contributed by atoms with Crippen LogP contribution in [0.2, 0.25) is 0 Å². The second-order valence-corrected chi connectivity index (χ2v) is 6.68. The van der Waals surface area contributed by atoms with E-state index in [1.807, 2.05) is 17.0 Å². The van der Waals surface area contributed by atoms with E-state index in [2.05, 4.69) is 6.07 Å². The molecule has 1 atom stereocenters. The Balaban J connectivity index is 1.61. The van der Waals surface area contributed by atoms with Gasteiger partial charge in [0.2, 0.25) is 5.91 Å². The first-order valence-corrected chi connectivity index (χ1v) is 8.21. The van der Waals surface area contributed by atoms with Crippen LogP contribution in [0.15, 0.2) is 29.2 Å². The summed E-state index contributed by atoms with van der Waals surface area (Å²) in [6.07, 6.45) is 2.82. The number of benzene rings is 1. The molecule has 1 amide bonds. The van der Waals surface area contributed by atoms with E-state index in [0.717, 1.165) is 43.9 Å². The van der Waals surface area contributed by atoms with Gasteiger partial charge in [0.1, 0.15) is 0 Å². The van der Waals surface area contributed by atoms with Crippen LogP contribution < -0.4 is 0 Å². The Hall–Kier alpha value is -1.51. The SMILES string of the molecule is N#Cc1ccc(S[C@@H]2CCN(C3CCOCC3)C2=O)cc1. The zero-order valence-electron chi connectivity index (χ0n) is 11.8. The molecule has 0 N–H and O–H groups in total. The highest BCUT2D eigenvalue weighted by atomic mass is 32.2. The second-order valence-electron chi connectivity index (χ2n) is 5.41. The van der Waals surface area contributed by atoms with E-state index in [1.54, 1.807) is 23.9 Å². The molecule has 0 radical (unpaired) electrons. The Labute approximate surface area is 129 Å². The van der Waals surface area contributed by atoms with Crippen LogP contribution in [0.25, 0.3) is 0 Å². The molecule has 2 fully saturated rings. The van der Waals surface area contributed by atoms with E-state index >= 15 is 0 Å². The molecule has 5 heteroatoms. The summed E-state index contributed by atoms with van der Waals surface area (Å²) in [5.74, 6) is 0.260. The standard InChI is InChI=1S/C16H18N2O2S/c17-11-12-1-3-14(4-2-12)21-15-5-8-18(16(15)19)13-6-9-20-10-7-13/h1-4,13,15H,5-10H2/t15-/m1/s1. The number of carbonyl (C=O) groups excluding carboxylic acids is 1. The van der Waals surface area contributed by atoms with Crippen molar-refractivity contribution in [1.29, 1.82) is 5.26 Å². The van der Waals surface area contributed by atoms with Crippen molar-refractivity contribution in [2.24, 2.45) is 0 Å². The summed E-state index contributed by atoms with van der Waals surface area (Å²) in [6, 6.07) is 9.93. The van der Waals surface area contributed by atoms with Crippen molar-refractivity contribution < 1.29 is 9.53 Å². The van der Waals surface area contributed by atoms with E-state index < -0.39 is 0 Å².